The van der Waals surface area contributed by atoms with Crippen LogP contribution >= 0.6 is 11.8 Å². The van der Waals surface area contributed by atoms with Gasteiger partial charge in [-0.3, -0.25) is 4.99 Å². The van der Waals surface area contributed by atoms with Crippen molar-refractivity contribution in [2.24, 2.45) is 10.9 Å². The van der Waals surface area contributed by atoms with E-state index >= 15 is 0 Å². The molecule has 6 heteroatoms. The number of thioether (sulfide) groups is 1. The Morgan fingerprint density at radius 2 is 2.21 bits per heavy atom. The van der Waals surface area contributed by atoms with Gasteiger partial charge in [0.25, 0.3) is 0 Å². The number of hydrogen-bond donors (Lipinski definition) is 3. The van der Waals surface area contributed by atoms with Crippen molar-refractivity contribution < 1.29 is 14.9 Å². The molecule has 5 atom stereocenters. The maximum atomic E-state index is 10.2. The summed E-state index contributed by atoms with van der Waals surface area (Å²) in [5.74, 6) is 0.738. The fourth-order valence-corrected chi connectivity index (χ4v) is 3.57. The lowest BCUT2D eigenvalue weighted by Crippen LogP contribution is -2.58. The molecule has 1 saturated carbocycles. The molecule has 0 spiro atoms. The van der Waals surface area contributed by atoms with Crippen molar-refractivity contribution in [1.82, 2.24) is 5.32 Å². The first-order valence-corrected chi connectivity index (χ1v) is 7.67. The molecular weight excluding hydrogens is 264 g/mol. The maximum absolute atomic E-state index is 10.2. The van der Waals surface area contributed by atoms with Gasteiger partial charge in [-0.05, 0) is 25.2 Å². The van der Waals surface area contributed by atoms with E-state index in [0.29, 0.717) is 6.42 Å². The van der Waals surface area contributed by atoms with E-state index in [1.807, 2.05) is 0 Å². The molecule has 0 aromatic carbocycles. The van der Waals surface area contributed by atoms with Crippen LogP contribution in [0.4, 0.5) is 0 Å². The summed E-state index contributed by atoms with van der Waals surface area (Å²) in [6.07, 6.45) is 2.69. The Morgan fingerprint density at radius 1 is 1.42 bits per heavy atom. The smallest absolute Gasteiger partial charge is 0.159 e. The first kappa shape index (κ1) is 13.4. The van der Waals surface area contributed by atoms with E-state index in [1.54, 1.807) is 6.08 Å². The lowest BCUT2D eigenvalue weighted by Gasteiger charge is -2.38. The zero-order valence-corrected chi connectivity index (χ0v) is 11.6. The number of aliphatic hydroxyl groups excluding tert-OH is 2. The lowest BCUT2D eigenvalue weighted by molar-refractivity contribution is -0.154. The third kappa shape index (κ3) is 2.81. The summed E-state index contributed by atoms with van der Waals surface area (Å²) in [4.78, 5) is 4.52. The number of ether oxygens (including phenoxy) is 1. The Morgan fingerprint density at radius 3 is 2.89 bits per heavy atom. The van der Waals surface area contributed by atoms with Crippen molar-refractivity contribution >= 4 is 16.9 Å². The van der Waals surface area contributed by atoms with E-state index in [9.17, 15) is 10.2 Å². The molecule has 2 saturated heterocycles. The van der Waals surface area contributed by atoms with Crippen molar-refractivity contribution in [2.45, 2.75) is 49.1 Å². The van der Waals surface area contributed by atoms with Gasteiger partial charge in [0.05, 0.1) is 12.1 Å². The van der Waals surface area contributed by atoms with Gasteiger partial charge >= 0.3 is 0 Å². The highest BCUT2D eigenvalue weighted by molar-refractivity contribution is 8.14. The van der Waals surface area contributed by atoms with Gasteiger partial charge in [0.2, 0.25) is 0 Å². The first-order chi connectivity index (χ1) is 9.19. The third-order valence-electron chi connectivity index (χ3n) is 3.81. The second-order valence-corrected chi connectivity index (χ2v) is 6.51. The topological polar surface area (TPSA) is 74.1 Å². The molecule has 5 nitrogen and oxygen atoms in total. The second-order valence-electron chi connectivity index (χ2n) is 5.43. The highest BCUT2D eigenvalue weighted by atomic mass is 32.2. The van der Waals surface area contributed by atoms with Gasteiger partial charge in [0.1, 0.15) is 17.6 Å². The average molecular weight is 284 g/mol. The number of fused-ring (bicyclic) bond motifs is 1. The zero-order chi connectivity index (χ0) is 13.4. The molecule has 2 heterocycles. The molecule has 0 unspecified atom stereocenters. The summed E-state index contributed by atoms with van der Waals surface area (Å²) < 4.78 is 5.82. The highest BCUT2D eigenvalue weighted by Gasteiger charge is 2.48. The molecular formula is C13H20N2O3S. The maximum Gasteiger partial charge on any atom is 0.159 e. The van der Waals surface area contributed by atoms with E-state index < -0.39 is 12.2 Å². The minimum atomic E-state index is -0.880. The van der Waals surface area contributed by atoms with E-state index in [1.165, 1.54) is 24.6 Å². The Hall–Kier alpha value is -0.560. The van der Waals surface area contributed by atoms with Crippen LogP contribution in [0.15, 0.2) is 17.6 Å². The standard InChI is InChI=1S/C13H20N2O3S/c1-2-3-8-10(16)11(17)9-12(18-8)19-13(15-9)14-6-7-4-5-7/h2,7-12,16-17H,1,3-6H2,(H,14,15)/t8-,9-,10-,11-,12-/m1/s1. The summed E-state index contributed by atoms with van der Waals surface area (Å²) in [5.41, 5.74) is -0.179. The summed E-state index contributed by atoms with van der Waals surface area (Å²) in [5, 5.41) is 24.2. The van der Waals surface area contributed by atoms with Crippen molar-refractivity contribution in [1.29, 1.82) is 0 Å². The summed E-state index contributed by atoms with van der Waals surface area (Å²) >= 11 is 1.51. The zero-order valence-electron chi connectivity index (χ0n) is 10.7. The van der Waals surface area contributed by atoms with Gasteiger partial charge in [-0.1, -0.05) is 17.8 Å². The molecule has 0 aromatic heterocycles. The van der Waals surface area contributed by atoms with Crippen molar-refractivity contribution in [3.05, 3.63) is 12.7 Å². The van der Waals surface area contributed by atoms with E-state index in [4.69, 9.17) is 4.74 Å². The van der Waals surface area contributed by atoms with Gasteiger partial charge in [-0.25, -0.2) is 0 Å². The predicted octanol–water partition coefficient (Wildman–Crippen LogP) is 0.480. The van der Waals surface area contributed by atoms with Crippen LogP contribution in [0.2, 0.25) is 0 Å². The van der Waals surface area contributed by atoms with Gasteiger partial charge < -0.3 is 20.3 Å². The SMILES string of the molecule is C=CC[C@H]1O[C@@H]2SC(=NCC3CC3)N[C@@H]2[C@@H](O)[C@@H]1O. The van der Waals surface area contributed by atoms with E-state index in [2.05, 4.69) is 16.9 Å². The summed E-state index contributed by atoms with van der Waals surface area (Å²) in [7, 11) is 0. The Balaban J connectivity index is 1.65. The first-order valence-electron chi connectivity index (χ1n) is 6.79. The lowest BCUT2D eigenvalue weighted by atomic mass is 9.96. The normalized spacial score (nSPS) is 43.9. The fraction of sp³-hybridized carbons (Fsp3) is 0.769. The average Bonchev–Trinajstić information content (AvgIpc) is 3.14. The largest absolute Gasteiger partial charge is 0.388 e. The van der Waals surface area contributed by atoms with Crippen LogP contribution in [-0.2, 0) is 4.74 Å². The molecule has 0 bridgehead atoms. The number of aliphatic hydroxyl groups is 2. The van der Waals surface area contributed by atoms with E-state index in [-0.39, 0.29) is 17.6 Å². The van der Waals surface area contributed by atoms with Gasteiger partial charge in [0.15, 0.2) is 5.17 Å². The van der Waals surface area contributed by atoms with Crippen LogP contribution in [0.25, 0.3) is 0 Å². The molecule has 19 heavy (non-hydrogen) atoms. The van der Waals surface area contributed by atoms with Crippen LogP contribution < -0.4 is 5.32 Å². The quantitative estimate of drug-likeness (QED) is 0.655. The van der Waals surface area contributed by atoms with E-state index in [0.717, 1.165) is 17.6 Å². The fourth-order valence-electron chi connectivity index (χ4n) is 2.43. The summed E-state index contributed by atoms with van der Waals surface area (Å²) in [6, 6.07) is -0.279. The van der Waals surface area contributed by atoms with Gasteiger partial charge in [0, 0.05) is 6.54 Å². The number of nitrogens with one attached hydrogen (secondary N) is 1. The molecule has 0 amide bonds. The van der Waals surface area contributed by atoms with Crippen LogP contribution in [0.1, 0.15) is 19.3 Å². The molecule has 0 radical (unpaired) electrons. The van der Waals surface area contributed by atoms with Crippen molar-refractivity contribution in [2.75, 3.05) is 6.54 Å². The number of amidine groups is 1. The predicted molar refractivity (Wildman–Crippen MR) is 75.0 cm³/mol. The molecule has 106 valence electrons. The molecule has 3 aliphatic rings. The van der Waals surface area contributed by atoms with Crippen molar-refractivity contribution in [3.8, 4) is 0 Å². The minimum Gasteiger partial charge on any atom is -0.388 e. The minimum absolute atomic E-state index is 0.179. The van der Waals surface area contributed by atoms with Gasteiger partial charge in [-0.2, -0.15) is 0 Å². The third-order valence-corrected chi connectivity index (χ3v) is 4.91. The van der Waals surface area contributed by atoms with Crippen LogP contribution in [-0.4, -0.2) is 51.7 Å². The second kappa shape index (κ2) is 5.44. The molecule has 3 rings (SSSR count). The van der Waals surface area contributed by atoms with Crippen LogP contribution in [0.3, 0.4) is 0 Å². The highest BCUT2D eigenvalue weighted by Crippen LogP contribution is 2.35. The molecule has 1 aliphatic carbocycles. The van der Waals surface area contributed by atoms with Crippen molar-refractivity contribution in [3.63, 3.8) is 0 Å². The Bertz CT molecular complexity index is 386. The number of nitrogens with zero attached hydrogens (tertiary/aromatic N) is 1. The molecule has 0 aromatic rings. The molecule has 3 fully saturated rings. The number of rotatable bonds is 4. The number of hydrogen-bond acceptors (Lipinski definition) is 5. The molecule has 2 aliphatic heterocycles. The Kier molecular flexibility index (Phi) is 3.84. The summed E-state index contributed by atoms with van der Waals surface area (Å²) in [6.45, 7) is 4.50. The van der Waals surface area contributed by atoms with Crippen LogP contribution in [0, 0.1) is 5.92 Å². The number of aliphatic imine (C=N–C) groups is 1. The monoisotopic (exact) mass is 284 g/mol. The molecule has 3 N–H and O–H groups in total. The van der Waals surface area contributed by atoms with Crippen LogP contribution in [0.5, 0.6) is 0 Å². The Labute approximate surface area is 117 Å². The van der Waals surface area contributed by atoms with Gasteiger partial charge in [-0.15, -0.1) is 6.58 Å².